The molecule has 6 heteroatoms. The van der Waals surface area contributed by atoms with Crippen LogP contribution in [0, 0.1) is 13.8 Å². The zero-order valence-corrected chi connectivity index (χ0v) is 15.3. The molecule has 1 fully saturated rings. The fourth-order valence-corrected chi connectivity index (χ4v) is 3.56. The normalized spacial score (nSPS) is 19.5. The molecule has 1 saturated heterocycles. The highest BCUT2D eigenvalue weighted by Crippen LogP contribution is 2.38. The summed E-state index contributed by atoms with van der Waals surface area (Å²) in [7, 11) is 0. The van der Waals surface area contributed by atoms with Gasteiger partial charge in [-0.15, -0.1) is 0 Å². The van der Waals surface area contributed by atoms with Crippen LogP contribution in [0.5, 0.6) is 0 Å². The van der Waals surface area contributed by atoms with Gasteiger partial charge in [0.25, 0.3) is 11.8 Å². The summed E-state index contributed by atoms with van der Waals surface area (Å²) >= 11 is 3.39. The molecule has 0 saturated carbocycles. The number of halogens is 1. The number of anilines is 1. The number of amides is 2. The van der Waals surface area contributed by atoms with Crippen molar-refractivity contribution < 1.29 is 14.4 Å². The van der Waals surface area contributed by atoms with Crippen LogP contribution >= 0.6 is 15.9 Å². The summed E-state index contributed by atoms with van der Waals surface area (Å²) in [4.78, 5) is 32.6. The number of benzene rings is 2. The second kappa shape index (κ2) is 5.82. The molecule has 1 N–H and O–H groups in total. The monoisotopic (exact) mass is 398 g/mol. The number of carbonyl (C=O) groups is 2. The predicted molar refractivity (Wildman–Crippen MR) is 97.5 cm³/mol. The van der Waals surface area contributed by atoms with E-state index in [4.69, 9.17) is 4.84 Å². The summed E-state index contributed by atoms with van der Waals surface area (Å²) in [6, 6.07) is 13.2. The lowest BCUT2D eigenvalue weighted by atomic mass is 10.0. The van der Waals surface area contributed by atoms with Gasteiger partial charge < -0.3 is 0 Å². The minimum Gasteiger partial charge on any atom is -0.270 e. The van der Waals surface area contributed by atoms with Crippen LogP contribution < -0.4 is 10.4 Å². The molecule has 2 amide bonds. The minimum atomic E-state index is -0.912. The third kappa shape index (κ3) is 2.41. The van der Waals surface area contributed by atoms with Crippen LogP contribution in [0.3, 0.4) is 0 Å². The second-order valence-corrected chi connectivity index (χ2v) is 7.03. The van der Waals surface area contributed by atoms with Gasteiger partial charge in [-0.05, 0) is 37.1 Å². The molecular formula is C19H15BrN2O3. The molecular weight excluding hydrogens is 384 g/mol. The van der Waals surface area contributed by atoms with Crippen LogP contribution in [-0.4, -0.2) is 17.9 Å². The lowest BCUT2D eigenvalue weighted by Crippen LogP contribution is -2.35. The minimum absolute atomic E-state index is 0.338. The first-order valence-electron chi connectivity index (χ1n) is 7.85. The Morgan fingerprint density at radius 1 is 1.04 bits per heavy atom. The topological polar surface area (TPSA) is 58.6 Å². The van der Waals surface area contributed by atoms with Gasteiger partial charge in [-0.1, -0.05) is 46.3 Å². The fourth-order valence-electron chi connectivity index (χ4n) is 3.29. The summed E-state index contributed by atoms with van der Waals surface area (Å²) in [6.07, 6.45) is -0.912. The zero-order chi connectivity index (χ0) is 17.7. The average Bonchev–Trinajstić information content (AvgIpc) is 3.11. The standard InChI is InChI=1S/C19H15BrN2O3/c1-10-4-3-5-11(2)16(10)22-18(23)14-15(21-25-17(14)19(22)24)12-6-8-13(20)9-7-12/h3-9,17,21H,1-2H3/t17-/m0/s1. The van der Waals surface area contributed by atoms with Crippen molar-refractivity contribution in [2.45, 2.75) is 20.0 Å². The number of aryl methyl sites for hydroxylation is 2. The molecule has 5 nitrogen and oxygen atoms in total. The Morgan fingerprint density at radius 3 is 2.32 bits per heavy atom. The maximum absolute atomic E-state index is 13.1. The van der Waals surface area contributed by atoms with Crippen LogP contribution in [0.25, 0.3) is 5.70 Å². The molecule has 25 heavy (non-hydrogen) atoms. The third-order valence-corrected chi connectivity index (χ3v) is 5.01. The van der Waals surface area contributed by atoms with Crippen molar-refractivity contribution in [3.63, 3.8) is 0 Å². The van der Waals surface area contributed by atoms with Crippen LogP contribution in [0.15, 0.2) is 52.5 Å². The van der Waals surface area contributed by atoms with Crippen molar-refractivity contribution in [3.8, 4) is 0 Å². The molecule has 0 spiro atoms. The van der Waals surface area contributed by atoms with E-state index in [1.807, 2.05) is 56.3 Å². The Morgan fingerprint density at radius 2 is 1.68 bits per heavy atom. The SMILES string of the molecule is Cc1cccc(C)c1N1C(=O)C2=C(c3ccc(Br)cc3)NO[C@@H]2C1=O. The van der Waals surface area contributed by atoms with Crippen molar-refractivity contribution in [2.24, 2.45) is 0 Å². The number of nitrogens with one attached hydrogen (secondary N) is 1. The molecule has 0 aliphatic carbocycles. The van der Waals surface area contributed by atoms with Crippen LogP contribution in [0.1, 0.15) is 16.7 Å². The fraction of sp³-hybridized carbons (Fsp3) is 0.158. The Kier molecular flexibility index (Phi) is 3.74. The molecule has 2 aromatic carbocycles. The van der Waals surface area contributed by atoms with Gasteiger partial charge in [0.15, 0.2) is 6.10 Å². The van der Waals surface area contributed by atoms with Gasteiger partial charge in [-0.3, -0.25) is 19.9 Å². The van der Waals surface area contributed by atoms with E-state index in [1.165, 1.54) is 4.90 Å². The average molecular weight is 399 g/mol. The van der Waals surface area contributed by atoms with E-state index in [2.05, 4.69) is 21.4 Å². The van der Waals surface area contributed by atoms with Gasteiger partial charge in [0.1, 0.15) is 0 Å². The number of nitrogens with zero attached hydrogens (tertiary/aromatic N) is 1. The number of hydrogen-bond donors (Lipinski definition) is 1. The molecule has 2 aliphatic rings. The van der Waals surface area contributed by atoms with Gasteiger partial charge in [-0.2, -0.15) is 0 Å². The maximum Gasteiger partial charge on any atom is 0.270 e. The molecule has 0 unspecified atom stereocenters. The summed E-state index contributed by atoms with van der Waals surface area (Å²) in [5.74, 6) is -0.702. The number of fused-ring (bicyclic) bond motifs is 1. The molecule has 2 aromatic rings. The van der Waals surface area contributed by atoms with E-state index in [0.717, 1.165) is 21.2 Å². The quantitative estimate of drug-likeness (QED) is 0.788. The van der Waals surface area contributed by atoms with Crippen molar-refractivity contribution >= 4 is 39.1 Å². The molecule has 2 heterocycles. The number of hydroxylamine groups is 1. The number of imide groups is 1. The lowest BCUT2D eigenvalue weighted by Gasteiger charge is -2.20. The molecule has 0 radical (unpaired) electrons. The summed E-state index contributed by atoms with van der Waals surface area (Å²) in [5, 5.41) is 0. The van der Waals surface area contributed by atoms with E-state index in [-0.39, 0.29) is 11.8 Å². The first kappa shape index (κ1) is 16.1. The Bertz CT molecular complexity index is 914. The van der Waals surface area contributed by atoms with E-state index >= 15 is 0 Å². The van der Waals surface area contributed by atoms with Crippen molar-refractivity contribution in [2.75, 3.05) is 4.90 Å². The smallest absolute Gasteiger partial charge is 0.270 e. The highest BCUT2D eigenvalue weighted by atomic mass is 79.9. The number of carbonyl (C=O) groups excluding carboxylic acids is 2. The number of hydrogen-bond acceptors (Lipinski definition) is 4. The van der Waals surface area contributed by atoms with E-state index in [1.54, 1.807) is 0 Å². The van der Waals surface area contributed by atoms with E-state index in [9.17, 15) is 9.59 Å². The number of rotatable bonds is 2. The highest BCUT2D eigenvalue weighted by molar-refractivity contribution is 9.10. The lowest BCUT2D eigenvalue weighted by molar-refractivity contribution is -0.127. The third-order valence-electron chi connectivity index (χ3n) is 4.48. The first-order chi connectivity index (χ1) is 12.0. The molecule has 4 rings (SSSR count). The molecule has 2 aliphatic heterocycles. The Hall–Kier alpha value is -2.44. The van der Waals surface area contributed by atoms with Crippen LogP contribution in [-0.2, 0) is 14.4 Å². The number of para-hydroxylation sites is 1. The van der Waals surface area contributed by atoms with E-state index < -0.39 is 6.10 Å². The van der Waals surface area contributed by atoms with Gasteiger partial charge in [0, 0.05) is 10.0 Å². The highest BCUT2D eigenvalue weighted by Gasteiger charge is 2.51. The molecule has 126 valence electrons. The van der Waals surface area contributed by atoms with Crippen molar-refractivity contribution in [3.05, 3.63) is 69.2 Å². The van der Waals surface area contributed by atoms with Crippen LogP contribution in [0.2, 0.25) is 0 Å². The van der Waals surface area contributed by atoms with Gasteiger partial charge in [0.2, 0.25) is 0 Å². The Balaban J connectivity index is 1.84. The second-order valence-electron chi connectivity index (χ2n) is 6.11. The first-order valence-corrected chi connectivity index (χ1v) is 8.64. The van der Waals surface area contributed by atoms with Gasteiger partial charge in [-0.25, -0.2) is 4.90 Å². The largest absolute Gasteiger partial charge is 0.270 e. The Labute approximate surface area is 153 Å². The maximum atomic E-state index is 13.1. The summed E-state index contributed by atoms with van der Waals surface area (Å²) in [5.41, 5.74) is 6.84. The molecule has 1 atom stereocenters. The predicted octanol–water partition coefficient (Wildman–Crippen LogP) is 3.25. The molecule has 0 aromatic heterocycles. The van der Waals surface area contributed by atoms with Crippen molar-refractivity contribution in [1.82, 2.24) is 5.48 Å². The zero-order valence-electron chi connectivity index (χ0n) is 13.7. The van der Waals surface area contributed by atoms with Crippen LogP contribution in [0.4, 0.5) is 5.69 Å². The summed E-state index contributed by atoms with van der Waals surface area (Å²) < 4.78 is 0.934. The molecule has 0 bridgehead atoms. The van der Waals surface area contributed by atoms with Gasteiger partial charge >= 0.3 is 0 Å². The van der Waals surface area contributed by atoms with Crippen molar-refractivity contribution in [1.29, 1.82) is 0 Å². The summed E-state index contributed by atoms with van der Waals surface area (Å²) in [6.45, 7) is 3.78. The van der Waals surface area contributed by atoms with Gasteiger partial charge in [0.05, 0.1) is 17.0 Å². The van der Waals surface area contributed by atoms with E-state index in [0.29, 0.717) is 17.0 Å².